The summed E-state index contributed by atoms with van der Waals surface area (Å²) in [5.74, 6) is -0.705. The predicted molar refractivity (Wildman–Crippen MR) is 123 cm³/mol. The van der Waals surface area contributed by atoms with Crippen LogP contribution in [0, 0.1) is 5.82 Å². The predicted octanol–water partition coefficient (Wildman–Crippen LogP) is 6.04. The van der Waals surface area contributed by atoms with Crippen molar-refractivity contribution >= 4 is 34.5 Å². The minimum absolute atomic E-state index is 0.0209. The van der Waals surface area contributed by atoms with Crippen molar-refractivity contribution in [2.75, 3.05) is 13.7 Å². The molecule has 32 heavy (non-hydrogen) atoms. The van der Waals surface area contributed by atoms with Crippen LogP contribution in [0.1, 0.15) is 22.6 Å². The van der Waals surface area contributed by atoms with E-state index < -0.39 is 23.2 Å². The lowest BCUT2D eigenvalue weighted by Crippen LogP contribution is -2.42. The van der Waals surface area contributed by atoms with Crippen molar-refractivity contribution in [3.63, 3.8) is 0 Å². The number of hydrogen-bond acceptors (Lipinski definition) is 3. The largest absolute Gasteiger partial charge is 0.448 e. The van der Waals surface area contributed by atoms with E-state index in [1.54, 1.807) is 6.07 Å². The number of benzene rings is 3. The van der Waals surface area contributed by atoms with Gasteiger partial charge in [-0.3, -0.25) is 9.69 Å². The highest BCUT2D eigenvalue weighted by molar-refractivity contribution is 6.64. The fourth-order valence-corrected chi connectivity index (χ4v) is 4.42. The lowest BCUT2D eigenvalue weighted by molar-refractivity contribution is -0.115. The molecule has 1 aliphatic carbocycles. The van der Waals surface area contributed by atoms with E-state index in [1.807, 2.05) is 36.4 Å². The number of hydrogen-bond donors (Lipinski definition) is 0. The smallest absolute Gasteiger partial charge is 0.410 e. The first kappa shape index (κ1) is 22.3. The Morgan fingerprint density at radius 2 is 1.62 bits per heavy atom. The maximum atomic E-state index is 13.8. The van der Waals surface area contributed by atoms with E-state index in [1.165, 1.54) is 19.2 Å². The second-order valence-electron chi connectivity index (χ2n) is 7.69. The molecule has 0 unspecified atom stereocenters. The monoisotopic (exact) mass is 471 g/mol. The second-order valence-corrected chi connectivity index (χ2v) is 8.47. The fraction of sp³-hybridized carbons (Fsp3) is 0.200. The maximum Gasteiger partial charge on any atom is 0.410 e. The number of carbonyl (C=O) groups excluding carboxylic acids is 2. The van der Waals surface area contributed by atoms with Gasteiger partial charge < -0.3 is 4.74 Å². The molecule has 164 valence electrons. The summed E-state index contributed by atoms with van der Waals surface area (Å²) in [7, 11) is 1.44. The number of rotatable bonds is 6. The zero-order chi connectivity index (χ0) is 22.8. The Morgan fingerprint density at radius 1 is 1.03 bits per heavy atom. The summed E-state index contributed by atoms with van der Waals surface area (Å²) >= 11 is 11.5. The molecule has 0 fully saturated rings. The first-order chi connectivity index (χ1) is 15.4. The van der Waals surface area contributed by atoms with Crippen molar-refractivity contribution in [2.24, 2.45) is 0 Å². The van der Waals surface area contributed by atoms with Gasteiger partial charge in [0.25, 0.3) is 0 Å². The summed E-state index contributed by atoms with van der Waals surface area (Å²) in [4.78, 5) is 26.0. The van der Waals surface area contributed by atoms with Crippen molar-refractivity contribution in [1.29, 1.82) is 0 Å². The van der Waals surface area contributed by atoms with Gasteiger partial charge in [0.05, 0.1) is 5.02 Å². The SMILES string of the molecule is CN(C(=O)OCC1c2ccccc2-c2ccccc21)[C@@H](Cc1ccc(Cl)c(F)c1)C(=O)Cl. The van der Waals surface area contributed by atoms with Crippen LogP contribution in [0.3, 0.4) is 0 Å². The Kier molecular flexibility index (Phi) is 6.49. The summed E-state index contributed by atoms with van der Waals surface area (Å²) in [6, 6.07) is 19.2. The number of carbonyl (C=O) groups is 2. The third-order valence-electron chi connectivity index (χ3n) is 5.77. The van der Waals surface area contributed by atoms with Crippen LogP contribution in [-0.4, -0.2) is 35.9 Å². The van der Waals surface area contributed by atoms with Crippen LogP contribution in [0.15, 0.2) is 66.7 Å². The van der Waals surface area contributed by atoms with Gasteiger partial charge in [-0.1, -0.05) is 66.2 Å². The average molecular weight is 472 g/mol. The zero-order valence-corrected chi connectivity index (χ0v) is 18.7. The van der Waals surface area contributed by atoms with E-state index in [9.17, 15) is 14.0 Å². The molecule has 4 rings (SSSR count). The van der Waals surface area contributed by atoms with Gasteiger partial charge in [-0.25, -0.2) is 9.18 Å². The molecular weight excluding hydrogens is 452 g/mol. The molecule has 3 aromatic carbocycles. The van der Waals surface area contributed by atoms with E-state index in [0.717, 1.165) is 27.2 Å². The molecular formula is C25H20Cl2FNO3. The zero-order valence-electron chi connectivity index (χ0n) is 17.2. The van der Waals surface area contributed by atoms with Crippen LogP contribution in [-0.2, 0) is 16.0 Å². The Hall–Kier alpha value is -2.89. The normalized spacial score (nSPS) is 13.2. The lowest BCUT2D eigenvalue weighted by Gasteiger charge is -2.25. The van der Waals surface area contributed by atoms with Crippen molar-refractivity contribution < 1.29 is 18.7 Å². The van der Waals surface area contributed by atoms with Gasteiger partial charge in [-0.2, -0.15) is 0 Å². The molecule has 0 heterocycles. The molecule has 0 saturated carbocycles. The van der Waals surface area contributed by atoms with E-state index in [4.69, 9.17) is 27.9 Å². The van der Waals surface area contributed by atoms with E-state index in [-0.39, 0.29) is 24.0 Å². The summed E-state index contributed by atoms with van der Waals surface area (Å²) in [6.07, 6.45) is -0.641. The molecule has 0 radical (unpaired) electrons. The molecule has 0 aromatic heterocycles. The molecule has 1 atom stereocenters. The summed E-state index contributed by atoms with van der Waals surface area (Å²) < 4.78 is 19.4. The van der Waals surface area contributed by atoms with Gasteiger partial charge in [0, 0.05) is 19.4 Å². The van der Waals surface area contributed by atoms with Crippen LogP contribution in [0.5, 0.6) is 0 Å². The lowest BCUT2D eigenvalue weighted by atomic mass is 9.98. The number of halogens is 3. The molecule has 1 aliphatic rings. The van der Waals surface area contributed by atoms with Crippen LogP contribution in [0.25, 0.3) is 11.1 Å². The molecule has 0 spiro atoms. The standard InChI is InChI=1S/C25H20Cl2FNO3/c1-29(23(24(27)30)13-15-10-11-21(26)22(28)12-15)25(31)32-14-20-18-8-4-2-6-16(18)17-7-3-5-9-19(17)20/h2-12,20,23H,13-14H2,1H3/t23-/m0/s1. The molecule has 3 aromatic rings. The molecule has 4 nitrogen and oxygen atoms in total. The van der Waals surface area contributed by atoms with E-state index in [0.29, 0.717) is 5.56 Å². The van der Waals surface area contributed by atoms with Gasteiger partial charge in [0.2, 0.25) is 5.24 Å². The number of nitrogens with zero attached hydrogens (tertiary/aromatic N) is 1. The number of amides is 1. The third kappa shape index (κ3) is 4.36. The van der Waals surface area contributed by atoms with Crippen LogP contribution in [0.2, 0.25) is 5.02 Å². The first-order valence-corrected chi connectivity index (χ1v) is 10.8. The second kappa shape index (κ2) is 9.31. The Balaban J connectivity index is 1.48. The van der Waals surface area contributed by atoms with E-state index in [2.05, 4.69) is 12.1 Å². The minimum Gasteiger partial charge on any atom is -0.448 e. The molecule has 0 bridgehead atoms. The third-order valence-corrected chi connectivity index (χ3v) is 6.33. The highest BCUT2D eigenvalue weighted by Crippen LogP contribution is 2.44. The Bertz CT molecular complexity index is 1140. The van der Waals surface area contributed by atoms with Gasteiger partial charge in [0.15, 0.2) is 0 Å². The average Bonchev–Trinajstić information content (AvgIpc) is 3.11. The fourth-order valence-electron chi connectivity index (χ4n) is 4.08. The maximum absolute atomic E-state index is 13.8. The van der Waals surface area contributed by atoms with Gasteiger partial charge >= 0.3 is 6.09 Å². The van der Waals surface area contributed by atoms with Crippen molar-refractivity contribution in [1.82, 2.24) is 4.90 Å². The van der Waals surface area contributed by atoms with Gasteiger partial charge in [0.1, 0.15) is 18.5 Å². The molecule has 1 amide bonds. The topological polar surface area (TPSA) is 46.6 Å². The summed E-state index contributed by atoms with van der Waals surface area (Å²) in [5.41, 5.74) is 4.91. The van der Waals surface area contributed by atoms with E-state index >= 15 is 0 Å². The van der Waals surface area contributed by atoms with Crippen molar-refractivity contribution in [2.45, 2.75) is 18.4 Å². The highest BCUT2D eigenvalue weighted by Gasteiger charge is 2.31. The van der Waals surface area contributed by atoms with Crippen LogP contribution >= 0.6 is 23.2 Å². The minimum atomic E-state index is -1.01. The van der Waals surface area contributed by atoms with Crippen molar-refractivity contribution in [3.05, 3.63) is 94.3 Å². The van der Waals surface area contributed by atoms with Crippen LogP contribution in [0.4, 0.5) is 9.18 Å². The summed E-state index contributed by atoms with van der Waals surface area (Å²) in [6.45, 7) is 0.121. The number of likely N-dealkylation sites (N-methyl/N-ethyl adjacent to an activating group) is 1. The molecule has 0 aliphatic heterocycles. The number of fused-ring (bicyclic) bond motifs is 3. The Labute approximate surface area is 195 Å². The molecule has 0 N–H and O–H groups in total. The number of ether oxygens (including phenoxy) is 1. The van der Waals surface area contributed by atoms with Crippen LogP contribution < -0.4 is 0 Å². The Morgan fingerprint density at radius 3 is 2.19 bits per heavy atom. The molecule has 0 saturated heterocycles. The highest BCUT2D eigenvalue weighted by atomic mass is 35.5. The van der Waals surface area contributed by atoms with Crippen molar-refractivity contribution in [3.8, 4) is 11.1 Å². The first-order valence-electron chi connectivity index (χ1n) is 10.1. The summed E-state index contributed by atoms with van der Waals surface area (Å²) in [5, 5.41) is -0.760. The van der Waals surface area contributed by atoms with Gasteiger partial charge in [-0.15, -0.1) is 0 Å². The molecule has 7 heteroatoms. The van der Waals surface area contributed by atoms with Gasteiger partial charge in [-0.05, 0) is 51.6 Å². The quantitative estimate of drug-likeness (QED) is 0.411.